The van der Waals surface area contributed by atoms with E-state index in [-0.39, 0.29) is 16.5 Å². The standard InChI is InChI=1S/C22H21ClF3N5O/c23-21-19(14-28-31(22(21)32)20-6-3-16(25)13-18(20)26)27-7-8-29-9-11-30(12-10-29)17-4-1-15(24)2-5-17/h1-6,13-14,27H,7-12H2. The van der Waals surface area contributed by atoms with Gasteiger partial charge in [0.25, 0.3) is 5.56 Å². The first-order valence-corrected chi connectivity index (χ1v) is 10.5. The van der Waals surface area contributed by atoms with Crippen molar-refractivity contribution >= 4 is 23.0 Å². The Morgan fingerprint density at radius 2 is 1.66 bits per heavy atom. The Balaban J connectivity index is 1.32. The molecular weight excluding hydrogens is 443 g/mol. The average Bonchev–Trinajstić information content (AvgIpc) is 2.78. The number of aromatic nitrogens is 2. The lowest BCUT2D eigenvalue weighted by Crippen LogP contribution is -2.47. The SMILES string of the molecule is O=c1c(Cl)c(NCCN2CCN(c3ccc(F)cc3)CC2)cnn1-c1ccc(F)cc1F. The van der Waals surface area contributed by atoms with Crippen LogP contribution in [0.15, 0.2) is 53.5 Å². The van der Waals surface area contributed by atoms with Gasteiger partial charge in [-0.25, -0.2) is 13.2 Å². The van der Waals surface area contributed by atoms with Crippen LogP contribution in [0, 0.1) is 17.5 Å². The summed E-state index contributed by atoms with van der Waals surface area (Å²) in [5.41, 5.74) is 0.472. The first kappa shape index (κ1) is 22.2. The molecule has 2 heterocycles. The van der Waals surface area contributed by atoms with Crippen LogP contribution < -0.4 is 15.8 Å². The van der Waals surface area contributed by atoms with Gasteiger partial charge in [-0.1, -0.05) is 11.6 Å². The van der Waals surface area contributed by atoms with E-state index in [1.165, 1.54) is 18.3 Å². The van der Waals surface area contributed by atoms with Crippen LogP contribution in [0.2, 0.25) is 5.02 Å². The Labute approximate surface area is 187 Å². The Morgan fingerprint density at radius 3 is 2.34 bits per heavy atom. The van der Waals surface area contributed by atoms with Crippen LogP contribution in [-0.4, -0.2) is 53.9 Å². The molecule has 168 valence electrons. The molecule has 0 aliphatic carbocycles. The number of hydrogen-bond acceptors (Lipinski definition) is 5. The number of benzene rings is 2. The zero-order valence-corrected chi connectivity index (χ0v) is 17.8. The van der Waals surface area contributed by atoms with Crippen LogP contribution in [0.1, 0.15) is 0 Å². The summed E-state index contributed by atoms with van der Waals surface area (Å²) in [5.74, 6) is -1.90. The maximum absolute atomic E-state index is 14.0. The van der Waals surface area contributed by atoms with Gasteiger partial charge in [0.2, 0.25) is 0 Å². The van der Waals surface area contributed by atoms with Crippen LogP contribution in [0.25, 0.3) is 5.69 Å². The smallest absolute Gasteiger partial charge is 0.292 e. The lowest BCUT2D eigenvalue weighted by Gasteiger charge is -2.36. The molecule has 0 bridgehead atoms. The summed E-state index contributed by atoms with van der Waals surface area (Å²) in [6.45, 7) is 4.60. The normalized spacial score (nSPS) is 14.6. The van der Waals surface area contributed by atoms with E-state index in [1.54, 1.807) is 12.1 Å². The third-order valence-electron chi connectivity index (χ3n) is 5.36. The number of rotatable bonds is 6. The van der Waals surface area contributed by atoms with Crippen LogP contribution in [0.5, 0.6) is 0 Å². The van der Waals surface area contributed by atoms with Crippen molar-refractivity contribution < 1.29 is 13.2 Å². The molecule has 1 N–H and O–H groups in total. The molecule has 0 radical (unpaired) electrons. The second-order valence-electron chi connectivity index (χ2n) is 7.42. The van der Waals surface area contributed by atoms with Gasteiger partial charge >= 0.3 is 0 Å². The summed E-state index contributed by atoms with van der Waals surface area (Å²) in [4.78, 5) is 17.0. The summed E-state index contributed by atoms with van der Waals surface area (Å²) in [7, 11) is 0. The third kappa shape index (κ3) is 4.89. The fourth-order valence-corrected chi connectivity index (χ4v) is 3.81. The van der Waals surface area contributed by atoms with Crippen molar-refractivity contribution in [1.82, 2.24) is 14.7 Å². The van der Waals surface area contributed by atoms with Gasteiger partial charge in [0.05, 0.1) is 11.9 Å². The summed E-state index contributed by atoms with van der Waals surface area (Å²) in [6, 6.07) is 9.34. The molecule has 32 heavy (non-hydrogen) atoms. The molecule has 0 unspecified atom stereocenters. The predicted molar refractivity (Wildman–Crippen MR) is 118 cm³/mol. The fourth-order valence-electron chi connectivity index (χ4n) is 3.61. The van der Waals surface area contributed by atoms with Crippen molar-refractivity contribution in [3.8, 4) is 5.69 Å². The van der Waals surface area contributed by atoms with Crippen molar-refractivity contribution in [1.29, 1.82) is 0 Å². The number of halogens is 4. The fraction of sp³-hybridized carbons (Fsp3) is 0.273. The summed E-state index contributed by atoms with van der Waals surface area (Å²) < 4.78 is 41.0. The van der Waals surface area contributed by atoms with Crippen LogP contribution >= 0.6 is 11.6 Å². The van der Waals surface area contributed by atoms with Gasteiger partial charge < -0.3 is 10.2 Å². The lowest BCUT2D eigenvalue weighted by atomic mass is 10.2. The Morgan fingerprint density at radius 1 is 0.969 bits per heavy atom. The Hall–Kier alpha value is -3.04. The van der Waals surface area contributed by atoms with Crippen molar-refractivity contribution in [2.75, 3.05) is 49.5 Å². The quantitative estimate of drug-likeness (QED) is 0.606. The maximum Gasteiger partial charge on any atom is 0.292 e. The van der Waals surface area contributed by atoms with Gasteiger partial charge in [0.15, 0.2) is 5.82 Å². The molecule has 0 saturated carbocycles. The second-order valence-corrected chi connectivity index (χ2v) is 7.79. The highest BCUT2D eigenvalue weighted by atomic mass is 35.5. The van der Waals surface area contributed by atoms with Gasteiger partial charge in [-0.3, -0.25) is 9.69 Å². The molecule has 2 aromatic carbocycles. The second kappa shape index (κ2) is 9.62. The molecule has 10 heteroatoms. The van der Waals surface area contributed by atoms with Crippen molar-refractivity contribution in [3.05, 3.63) is 81.5 Å². The van der Waals surface area contributed by atoms with Gasteiger partial charge in [-0.15, -0.1) is 0 Å². The average molecular weight is 464 g/mol. The van der Waals surface area contributed by atoms with E-state index in [1.807, 2.05) is 0 Å². The van der Waals surface area contributed by atoms with E-state index >= 15 is 0 Å². The molecule has 0 spiro atoms. The molecule has 0 amide bonds. The van der Waals surface area contributed by atoms with Crippen LogP contribution in [0.3, 0.4) is 0 Å². The van der Waals surface area contributed by atoms with Crippen molar-refractivity contribution in [3.63, 3.8) is 0 Å². The molecule has 6 nitrogen and oxygen atoms in total. The number of nitrogens with one attached hydrogen (secondary N) is 1. The minimum Gasteiger partial charge on any atom is -0.381 e. The highest BCUT2D eigenvalue weighted by Crippen LogP contribution is 2.19. The van der Waals surface area contributed by atoms with Gasteiger partial charge in [-0.2, -0.15) is 9.78 Å². The minimum absolute atomic E-state index is 0.121. The molecule has 1 fully saturated rings. The van der Waals surface area contributed by atoms with Crippen LogP contribution in [-0.2, 0) is 0 Å². The molecule has 3 aromatic rings. The highest BCUT2D eigenvalue weighted by molar-refractivity contribution is 6.32. The molecule has 1 aliphatic heterocycles. The first-order valence-electron chi connectivity index (χ1n) is 10.1. The highest BCUT2D eigenvalue weighted by Gasteiger charge is 2.18. The van der Waals surface area contributed by atoms with E-state index in [2.05, 4.69) is 20.2 Å². The summed E-state index contributed by atoms with van der Waals surface area (Å²) in [5, 5.41) is 6.94. The monoisotopic (exact) mass is 463 g/mol. The van der Waals surface area contributed by atoms with Gasteiger partial charge in [-0.05, 0) is 36.4 Å². The van der Waals surface area contributed by atoms with Crippen molar-refractivity contribution in [2.24, 2.45) is 0 Å². The third-order valence-corrected chi connectivity index (χ3v) is 5.73. The van der Waals surface area contributed by atoms with Gasteiger partial charge in [0, 0.05) is 51.0 Å². The van der Waals surface area contributed by atoms with Crippen molar-refractivity contribution in [2.45, 2.75) is 0 Å². The Bertz CT molecular complexity index is 1150. The van der Waals surface area contributed by atoms with E-state index in [0.29, 0.717) is 18.3 Å². The topological polar surface area (TPSA) is 53.4 Å². The van der Waals surface area contributed by atoms with Crippen LogP contribution in [0.4, 0.5) is 24.5 Å². The minimum atomic E-state index is -0.906. The number of hydrogen-bond donors (Lipinski definition) is 1. The largest absolute Gasteiger partial charge is 0.381 e. The van der Waals surface area contributed by atoms with E-state index < -0.39 is 17.2 Å². The van der Waals surface area contributed by atoms with E-state index in [4.69, 9.17) is 11.6 Å². The summed E-state index contributed by atoms with van der Waals surface area (Å²) in [6.07, 6.45) is 1.35. The number of piperazine rings is 1. The predicted octanol–water partition coefficient (Wildman–Crippen LogP) is 3.54. The molecule has 1 aromatic heterocycles. The Kier molecular flexibility index (Phi) is 6.66. The zero-order valence-electron chi connectivity index (χ0n) is 17.1. The van der Waals surface area contributed by atoms with E-state index in [9.17, 15) is 18.0 Å². The molecule has 4 rings (SSSR count). The zero-order chi connectivity index (χ0) is 22.7. The molecule has 1 saturated heterocycles. The summed E-state index contributed by atoms with van der Waals surface area (Å²) >= 11 is 6.17. The number of nitrogens with zero attached hydrogens (tertiary/aromatic N) is 4. The molecule has 0 atom stereocenters. The number of anilines is 2. The maximum atomic E-state index is 14.0. The lowest BCUT2D eigenvalue weighted by molar-refractivity contribution is 0.267. The first-order chi connectivity index (χ1) is 15.4. The van der Waals surface area contributed by atoms with Gasteiger partial charge in [0.1, 0.15) is 22.3 Å². The molecule has 1 aliphatic rings. The molecular formula is C22H21ClF3N5O. The van der Waals surface area contributed by atoms with E-state index in [0.717, 1.165) is 55.2 Å².